The van der Waals surface area contributed by atoms with Crippen LogP contribution >= 0.6 is 15.9 Å². The smallest absolute Gasteiger partial charge is 0.270 e. The van der Waals surface area contributed by atoms with Gasteiger partial charge in [-0.25, -0.2) is 4.39 Å². The van der Waals surface area contributed by atoms with Crippen LogP contribution in [0.15, 0.2) is 27.5 Å². The number of nitrogens with one attached hydrogen (secondary N) is 1. The third-order valence-electron chi connectivity index (χ3n) is 2.74. The van der Waals surface area contributed by atoms with Crippen LogP contribution in [0.3, 0.4) is 0 Å². The summed E-state index contributed by atoms with van der Waals surface area (Å²) in [7, 11) is 1.60. The van der Waals surface area contributed by atoms with Crippen molar-refractivity contribution in [3.63, 3.8) is 0 Å². The molecule has 1 aromatic heterocycles. The molecule has 4 nitrogen and oxygen atoms in total. The Labute approximate surface area is 112 Å². The van der Waals surface area contributed by atoms with Gasteiger partial charge in [0.25, 0.3) is 5.56 Å². The molecule has 2 rings (SSSR count). The molecule has 0 bridgehead atoms. The first kappa shape index (κ1) is 13.0. The Kier molecular flexibility index (Phi) is 3.68. The molecule has 0 saturated heterocycles. The highest BCUT2D eigenvalue weighted by molar-refractivity contribution is 9.10. The fourth-order valence-electron chi connectivity index (χ4n) is 1.88. The SMILES string of the molecule is Cn1[nH]c(-c2cc(Br)ccc2F)c(CCN)c1=O. The lowest BCUT2D eigenvalue weighted by molar-refractivity contribution is 0.629. The number of aryl methyl sites for hydroxylation is 1. The number of hydrogen-bond donors (Lipinski definition) is 2. The van der Waals surface area contributed by atoms with Crippen LogP contribution in [0.5, 0.6) is 0 Å². The minimum atomic E-state index is -0.377. The van der Waals surface area contributed by atoms with E-state index in [1.807, 2.05) is 0 Å². The Balaban J connectivity index is 2.67. The molecule has 0 spiro atoms. The molecular formula is C12H13BrFN3O. The lowest BCUT2D eigenvalue weighted by Gasteiger charge is -2.04. The molecule has 18 heavy (non-hydrogen) atoms. The topological polar surface area (TPSA) is 63.8 Å². The van der Waals surface area contributed by atoms with E-state index in [1.165, 1.54) is 10.7 Å². The third-order valence-corrected chi connectivity index (χ3v) is 3.23. The Bertz CT molecular complexity index is 633. The first-order chi connectivity index (χ1) is 8.54. The quantitative estimate of drug-likeness (QED) is 0.907. The third kappa shape index (κ3) is 2.26. The monoisotopic (exact) mass is 313 g/mol. The van der Waals surface area contributed by atoms with Crippen molar-refractivity contribution >= 4 is 15.9 Å². The van der Waals surface area contributed by atoms with Gasteiger partial charge in [0, 0.05) is 22.6 Å². The van der Waals surface area contributed by atoms with E-state index in [9.17, 15) is 9.18 Å². The van der Waals surface area contributed by atoms with E-state index in [-0.39, 0.29) is 11.4 Å². The van der Waals surface area contributed by atoms with E-state index < -0.39 is 0 Å². The van der Waals surface area contributed by atoms with Gasteiger partial charge in [0.2, 0.25) is 0 Å². The highest BCUT2D eigenvalue weighted by atomic mass is 79.9. The molecule has 2 aromatic rings. The largest absolute Gasteiger partial charge is 0.330 e. The van der Waals surface area contributed by atoms with Crippen molar-refractivity contribution in [1.82, 2.24) is 9.78 Å². The van der Waals surface area contributed by atoms with Crippen molar-refractivity contribution in [3.8, 4) is 11.3 Å². The zero-order valence-corrected chi connectivity index (χ0v) is 11.4. The summed E-state index contributed by atoms with van der Waals surface area (Å²) in [6, 6.07) is 4.61. The van der Waals surface area contributed by atoms with Gasteiger partial charge in [0.05, 0.1) is 5.69 Å². The number of hydrogen-bond acceptors (Lipinski definition) is 2. The maximum Gasteiger partial charge on any atom is 0.270 e. The van der Waals surface area contributed by atoms with Crippen LogP contribution in [0, 0.1) is 5.82 Å². The molecule has 3 N–H and O–H groups in total. The van der Waals surface area contributed by atoms with Crippen LogP contribution in [0.1, 0.15) is 5.56 Å². The molecule has 96 valence electrons. The normalized spacial score (nSPS) is 10.9. The van der Waals surface area contributed by atoms with E-state index in [0.29, 0.717) is 29.8 Å². The van der Waals surface area contributed by atoms with Gasteiger partial charge in [-0.2, -0.15) is 0 Å². The summed E-state index contributed by atoms with van der Waals surface area (Å²) in [5.41, 5.74) is 6.69. The minimum absolute atomic E-state index is 0.171. The van der Waals surface area contributed by atoms with Gasteiger partial charge in [-0.15, -0.1) is 0 Å². The van der Waals surface area contributed by atoms with Gasteiger partial charge < -0.3 is 5.73 Å². The second kappa shape index (κ2) is 5.07. The summed E-state index contributed by atoms with van der Waals surface area (Å²) in [5.74, 6) is -0.377. The predicted molar refractivity (Wildman–Crippen MR) is 71.9 cm³/mol. The maximum absolute atomic E-state index is 13.8. The molecule has 0 amide bonds. The van der Waals surface area contributed by atoms with Crippen LogP contribution in [-0.2, 0) is 13.5 Å². The fourth-order valence-corrected chi connectivity index (χ4v) is 2.24. The van der Waals surface area contributed by atoms with Crippen molar-refractivity contribution < 1.29 is 4.39 Å². The van der Waals surface area contributed by atoms with Gasteiger partial charge in [-0.05, 0) is 31.2 Å². The molecular weight excluding hydrogens is 301 g/mol. The highest BCUT2D eigenvalue weighted by Crippen LogP contribution is 2.26. The number of aromatic nitrogens is 2. The molecule has 0 fully saturated rings. The molecule has 0 unspecified atom stereocenters. The molecule has 6 heteroatoms. The second-order valence-corrected chi connectivity index (χ2v) is 4.91. The molecule has 0 aliphatic carbocycles. The van der Waals surface area contributed by atoms with Gasteiger partial charge in [0.1, 0.15) is 5.82 Å². The molecule has 1 heterocycles. The van der Waals surface area contributed by atoms with Crippen molar-refractivity contribution in [3.05, 3.63) is 44.4 Å². The number of benzene rings is 1. The van der Waals surface area contributed by atoms with Crippen LogP contribution in [0.25, 0.3) is 11.3 Å². The maximum atomic E-state index is 13.8. The molecule has 0 atom stereocenters. The first-order valence-corrected chi connectivity index (χ1v) is 6.27. The van der Waals surface area contributed by atoms with Crippen LogP contribution in [0.2, 0.25) is 0 Å². The number of aromatic amines is 1. The summed E-state index contributed by atoms with van der Waals surface area (Å²) in [6.07, 6.45) is 0.414. The van der Waals surface area contributed by atoms with Gasteiger partial charge >= 0.3 is 0 Å². The lowest BCUT2D eigenvalue weighted by Crippen LogP contribution is -2.17. The Morgan fingerprint density at radius 3 is 2.89 bits per heavy atom. The van der Waals surface area contributed by atoms with Gasteiger partial charge in [-0.1, -0.05) is 15.9 Å². The molecule has 0 saturated carbocycles. The standard InChI is InChI=1S/C12H13BrFN3O/c1-17-12(18)8(4-5-15)11(16-17)9-6-7(13)2-3-10(9)14/h2-3,6,16H,4-5,15H2,1H3. The van der Waals surface area contributed by atoms with Gasteiger partial charge in [-0.3, -0.25) is 14.6 Å². The second-order valence-electron chi connectivity index (χ2n) is 3.99. The van der Waals surface area contributed by atoms with Gasteiger partial charge in [0.15, 0.2) is 0 Å². The highest BCUT2D eigenvalue weighted by Gasteiger charge is 2.16. The zero-order chi connectivity index (χ0) is 13.3. The van der Waals surface area contributed by atoms with Crippen molar-refractivity contribution in [1.29, 1.82) is 0 Å². The van der Waals surface area contributed by atoms with E-state index in [1.54, 1.807) is 19.2 Å². The number of nitrogens with zero attached hydrogens (tertiary/aromatic N) is 1. The molecule has 1 aromatic carbocycles. The number of halogens is 2. The van der Waals surface area contributed by atoms with E-state index in [0.717, 1.165) is 4.47 Å². The summed E-state index contributed by atoms with van der Waals surface area (Å²) in [4.78, 5) is 11.9. The van der Waals surface area contributed by atoms with E-state index in [4.69, 9.17) is 5.73 Å². The summed E-state index contributed by atoms with van der Waals surface area (Å²) in [6.45, 7) is 0.343. The van der Waals surface area contributed by atoms with E-state index in [2.05, 4.69) is 21.0 Å². The molecule has 0 radical (unpaired) electrons. The minimum Gasteiger partial charge on any atom is -0.330 e. The van der Waals surface area contributed by atoms with Crippen molar-refractivity contribution in [2.24, 2.45) is 12.8 Å². The van der Waals surface area contributed by atoms with E-state index >= 15 is 0 Å². The lowest BCUT2D eigenvalue weighted by atomic mass is 10.1. The summed E-state index contributed by atoms with van der Waals surface area (Å²) in [5, 5.41) is 2.87. The van der Waals surface area contributed by atoms with Crippen molar-refractivity contribution in [2.75, 3.05) is 6.54 Å². The van der Waals surface area contributed by atoms with Crippen molar-refractivity contribution in [2.45, 2.75) is 6.42 Å². The summed E-state index contributed by atoms with van der Waals surface area (Å²) >= 11 is 3.29. The average molecular weight is 314 g/mol. The predicted octanol–water partition coefficient (Wildman–Crippen LogP) is 1.78. The Morgan fingerprint density at radius 2 is 2.22 bits per heavy atom. The Hall–Kier alpha value is -1.40. The zero-order valence-electron chi connectivity index (χ0n) is 9.84. The van der Waals surface area contributed by atoms with Crippen LogP contribution < -0.4 is 11.3 Å². The van der Waals surface area contributed by atoms with Crippen LogP contribution in [-0.4, -0.2) is 16.3 Å². The first-order valence-electron chi connectivity index (χ1n) is 5.48. The molecule has 0 aliphatic rings. The fraction of sp³-hybridized carbons (Fsp3) is 0.250. The molecule has 0 aliphatic heterocycles. The number of nitrogens with two attached hydrogens (primary N) is 1. The average Bonchev–Trinajstić information content (AvgIpc) is 2.61. The Morgan fingerprint density at radius 1 is 1.50 bits per heavy atom. The number of rotatable bonds is 3. The van der Waals surface area contributed by atoms with Crippen LogP contribution in [0.4, 0.5) is 4.39 Å². The summed E-state index contributed by atoms with van der Waals surface area (Å²) < 4.78 is 15.9. The number of H-pyrrole nitrogens is 1.